The molecule has 0 aromatic heterocycles. The summed E-state index contributed by atoms with van der Waals surface area (Å²) in [5.41, 5.74) is 11.4. The number of hydrogen-bond acceptors (Lipinski definition) is 3. The fraction of sp³-hybridized carbons (Fsp3) is 0.0714. The summed E-state index contributed by atoms with van der Waals surface area (Å²) in [4.78, 5) is 0. The summed E-state index contributed by atoms with van der Waals surface area (Å²) in [6, 6.07) is 15.4. The zero-order chi connectivity index (χ0) is 13.7. The molecule has 0 aliphatic carbocycles. The highest BCUT2D eigenvalue weighted by Crippen LogP contribution is 2.25. The van der Waals surface area contributed by atoms with Crippen LogP contribution >= 0.6 is 27.5 Å². The summed E-state index contributed by atoms with van der Waals surface area (Å²) in [5.74, 6) is 0. The standard InChI is InChI=1S/C14H13BrClN3/c15-12-8-11(6-7-13(12)16)18-19-14(9-17)10-4-2-1-3-5-10/h1-8,18H,9,17H2. The molecule has 0 aliphatic rings. The van der Waals surface area contributed by atoms with Crippen molar-refractivity contribution in [3.63, 3.8) is 0 Å². The van der Waals surface area contributed by atoms with Crippen molar-refractivity contribution in [1.29, 1.82) is 0 Å². The fourth-order valence-electron chi connectivity index (χ4n) is 1.56. The molecule has 5 heteroatoms. The van der Waals surface area contributed by atoms with Crippen molar-refractivity contribution < 1.29 is 0 Å². The van der Waals surface area contributed by atoms with Gasteiger partial charge in [0.1, 0.15) is 0 Å². The van der Waals surface area contributed by atoms with Crippen molar-refractivity contribution in [2.45, 2.75) is 0 Å². The predicted molar refractivity (Wildman–Crippen MR) is 84.8 cm³/mol. The normalized spacial score (nSPS) is 11.4. The molecule has 0 aliphatic heterocycles. The Bertz CT molecular complexity index is 584. The van der Waals surface area contributed by atoms with E-state index in [1.165, 1.54) is 0 Å². The molecule has 2 aromatic rings. The molecule has 2 rings (SSSR count). The maximum Gasteiger partial charge on any atom is 0.0815 e. The summed E-state index contributed by atoms with van der Waals surface area (Å²) >= 11 is 9.31. The third kappa shape index (κ3) is 3.80. The minimum Gasteiger partial charge on any atom is -0.325 e. The van der Waals surface area contributed by atoms with E-state index in [-0.39, 0.29) is 0 Å². The molecule has 3 nitrogen and oxygen atoms in total. The summed E-state index contributed by atoms with van der Waals surface area (Å²) in [6.45, 7) is 0.367. The maximum absolute atomic E-state index is 5.94. The molecule has 0 amide bonds. The van der Waals surface area contributed by atoms with Gasteiger partial charge in [0.15, 0.2) is 0 Å². The number of benzene rings is 2. The molecule has 98 valence electrons. The van der Waals surface area contributed by atoms with E-state index in [0.29, 0.717) is 11.6 Å². The second-order valence-corrected chi connectivity index (χ2v) is 5.13. The Morgan fingerprint density at radius 2 is 1.95 bits per heavy atom. The van der Waals surface area contributed by atoms with Gasteiger partial charge in [-0.3, -0.25) is 5.43 Å². The third-order valence-electron chi connectivity index (χ3n) is 2.54. The van der Waals surface area contributed by atoms with Gasteiger partial charge < -0.3 is 5.73 Å². The van der Waals surface area contributed by atoms with Crippen LogP contribution in [0.1, 0.15) is 5.56 Å². The first-order valence-corrected chi connectivity index (χ1v) is 6.91. The van der Waals surface area contributed by atoms with Gasteiger partial charge in [0, 0.05) is 11.0 Å². The Balaban J connectivity index is 2.18. The maximum atomic E-state index is 5.94. The smallest absolute Gasteiger partial charge is 0.0815 e. The van der Waals surface area contributed by atoms with Crippen LogP contribution in [-0.4, -0.2) is 12.3 Å². The molecular formula is C14H13BrClN3. The Kier molecular flexibility index (Phi) is 4.96. The molecule has 0 fully saturated rings. The lowest BCUT2D eigenvalue weighted by atomic mass is 10.1. The molecular weight excluding hydrogens is 326 g/mol. The average Bonchev–Trinajstić information content (AvgIpc) is 2.44. The van der Waals surface area contributed by atoms with Gasteiger partial charge in [-0.2, -0.15) is 5.10 Å². The van der Waals surface area contributed by atoms with Crippen LogP contribution in [0.3, 0.4) is 0 Å². The van der Waals surface area contributed by atoms with Crippen LogP contribution in [0.5, 0.6) is 0 Å². The van der Waals surface area contributed by atoms with Crippen molar-refractivity contribution >= 4 is 38.9 Å². The molecule has 0 unspecified atom stereocenters. The van der Waals surface area contributed by atoms with Crippen molar-refractivity contribution in [2.24, 2.45) is 10.8 Å². The molecule has 0 atom stereocenters. The van der Waals surface area contributed by atoms with Crippen LogP contribution in [0.25, 0.3) is 0 Å². The first-order chi connectivity index (χ1) is 9.20. The monoisotopic (exact) mass is 337 g/mol. The first-order valence-electron chi connectivity index (χ1n) is 5.74. The zero-order valence-corrected chi connectivity index (χ0v) is 12.4. The number of nitrogens with one attached hydrogen (secondary N) is 1. The summed E-state index contributed by atoms with van der Waals surface area (Å²) in [7, 11) is 0. The van der Waals surface area contributed by atoms with E-state index in [1.807, 2.05) is 42.5 Å². The predicted octanol–water partition coefficient (Wildman–Crippen LogP) is 3.88. The highest BCUT2D eigenvalue weighted by molar-refractivity contribution is 9.10. The first kappa shape index (κ1) is 14.1. The largest absolute Gasteiger partial charge is 0.325 e. The zero-order valence-electron chi connectivity index (χ0n) is 10.1. The lowest BCUT2D eigenvalue weighted by Gasteiger charge is -2.06. The number of hydrazone groups is 1. The number of anilines is 1. The van der Waals surface area contributed by atoms with Gasteiger partial charge in [0.05, 0.1) is 16.4 Å². The van der Waals surface area contributed by atoms with Gasteiger partial charge in [-0.25, -0.2) is 0 Å². The molecule has 0 saturated heterocycles. The number of nitrogens with zero attached hydrogens (tertiary/aromatic N) is 1. The van der Waals surface area contributed by atoms with Crippen molar-refractivity contribution in [2.75, 3.05) is 12.0 Å². The average molecular weight is 339 g/mol. The fourth-order valence-corrected chi connectivity index (χ4v) is 2.05. The van der Waals surface area contributed by atoms with Crippen molar-refractivity contribution in [3.05, 3.63) is 63.6 Å². The minimum absolute atomic E-state index is 0.367. The number of hydrogen-bond donors (Lipinski definition) is 2. The summed E-state index contributed by atoms with van der Waals surface area (Å²) < 4.78 is 0.823. The molecule has 0 radical (unpaired) electrons. The highest BCUT2D eigenvalue weighted by Gasteiger charge is 2.01. The van der Waals surface area contributed by atoms with E-state index >= 15 is 0 Å². The second-order valence-electron chi connectivity index (χ2n) is 3.87. The van der Waals surface area contributed by atoms with Crippen LogP contribution in [0, 0.1) is 0 Å². The van der Waals surface area contributed by atoms with Gasteiger partial charge >= 0.3 is 0 Å². The number of halogens is 2. The van der Waals surface area contributed by atoms with E-state index in [9.17, 15) is 0 Å². The summed E-state index contributed by atoms with van der Waals surface area (Å²) in [6.07, 6.45) is 0. The minimum atomic E-state index is 0.367. The van der Waals surface area contributed by atoms with E-state index in [2.05, 4.69) is 26.5 Å². The van der Waals surface area contributed by atoms with Crippen LogP contribution in [0.4, 0.5) is 5.69 Å². The molecule has 0 heterocycles. The van der Waals surface area contributed by atoms with E-state index < -0.39 is 0 Å². The van der Waals surface area contributed by atoms with Gasteiger partial charge in [-0.15, -0.1) is 0 Å². The third-order valence-corrected chi connectivity index (χ3v) is 3.75. The van der Waals surface area contributed by atoms with Gasteiger partial charge in [0.2, 0.25) is 0 Å². The lowest BCUT2D eigenvalue weighted by Crippen LogP contribution is -2.16. The van der Waals surface area contributed by atoms with Crippen molar-refractivity contribution in [1.82, 2.24) is 0 Å². The Labute approximate surface area is 125 Å². The SMILES string of the molecule is NCC(=NNc1ccc(Cl)c(Br)c1)c1ccccc1. The second kappa shape index (κ2) is 6.70. The van der Waals surface area contributed by atoms with E-state index in [4.69, 9.17) is 17.3 Å². The molecule has 3 N–H and O–H groups in total. The molecule has 0 bridgehead atoms. The molecule has 19 heavy (non-hydrogen) atoms. The molecule has 0 saturated carbocycles. The van der Waals surface area contributed by atoms with Crippen LogP contribution in [-0.2, 0) is 0 Å². The number of nitrogens with two attached hydrogens (primary N) is 1. The van der Waals surface area contributed by atoms with Crippen LogP contribution in [0.15, 0.2) is 58.1 Å². The van der Waals surface area contributed by atoms with Crippen LogP contribution in [0.2, 0.25) is 5.02 Å². The Morgan fingerprint density at radius 1 is 1.21 bits per heavy atom. The van der Waals surface area contributed by atoms with Crippen LogP contribution < -0.4 is 11.2 Å². The molecule has 2 aromatic carbocycles. The Hall–Kier alpha value is -1.36. The van der Waals surface area contributed by atoms with E-state index in [0.717, 1.165) is 21.4 Å². The van der Waals surface area contributed by atoms with Gasteiger partial charge in [-0.05, 0) is 39.7 Å². The Morgan fingerprint density at radius 3 is 2.58 bits per heavy atom. The quantitative estimate of drug-likeness (QED) is 0.656. The van der Waals surface area contributed by atoms with E-state index in [1.54, 1.807) is 6.07 Å². The topological polar surface area (TPSA) is 50.4 Å². The molecule has 0 spiro atoms. The highest BCUT2D eigenvalue weighted by atomic mass is 79.9. The van der Waals surface area contributed by atoms with Gasteiger partial charge in [0.25, 0.3) is 0 Å². The summed E-state index contributed by atoms with van der Waals surface area (Å²) in [5, 5.41) is 4.99. The van der Waals surface area contributed by atoms with Crippen molar-refractivity contribution in [3.8, 4) is 0 Å². The van der Waals surface area contributed by atoms with Gasteiger partial charge in [-0.1, -0.05) is 41.9 Å². The number of rotatable bonds is 4. The lowest BCUT2D eigenvalue weighted by molar-refractivity contribution is 1.24.